The Morgan fingerprint density at radius 3 is 1.19 bits per heavy atom. The second-order valence-corrected chi connectivity index (χ2v) is 30.6. The first-order chi connectivity index (χ1) is 13.1. The summed E-state index contributed by atoms with van der Waals surface area (Å²) in [6.45, 7) is 15.3. The summed E-state index contributed by atoms with van der Waals surface area (Å²) in [4.78, 5) is 0. The molecular weight excluding hydrogens is 550 g/mol. The quantitative estimate of drug-likeness (QED) is 0.133. The molecule has 0 saturated carbocycles. The zero-order valence-corrected chi connectivity index (χ0v) is 25.2. The fraction of sp³-hybridized carbons (Fsp3) is 1.00. The molecule has 0 aromatic heterocycles. The maximum atomic E-state index is 7.41. The van der Waals surface area contributed by atoms with E-state index in [-0.39, 0.29) is 0 Å². The molecule has 5 heteroatoms. The van der Waals surface area contributed by atoms with Gasteiger partial charge in [-0.3, -0.25) is 0 Å². The predicted molar refractivity (Wildman–Crippen MR) is 124 cm³/mol. The third-order valence-corrected chi connectivity index (χ3v) is 38.8. The van der Waals surface area contributed by atoms with E-state index in [0.29, 0.717) is 0 Å². The normalized spacial score (nSPS) is 12.7. The molecule has 0 unspecified atom stereocenters. The molecule has 3 nitrogen and oxygen atoms in total. The van der Waals surface area contributed by atoms with E-state index in [1.807, 2.05) is 0 Å². The topological polar surface area (TPSA) is 27.7 Å². The first kappa shape index (κ1) is 28.5. The molecule has 0 heterocycles. The molecule has 0 amide bonds. The average Bonchev–Trinajstić information content (AvgIpc) is 2.70. The Morgan fingerprint density at radius 2 is 0.852 bits per heavy atom. The molecule has 0 fully saturated rings. The Kier molecular flexibility index (Phi) is 19.3. The summed E-state index contributed by atoms with van der Waals surface area (Å²) >= 11 is -6.17. The van der Waals surface area contributed by atoms with Crippen LogP contribution in [-0.4, -0.2) is 51.6 Å². The van der Waals surface area contributed by atoms with Gasteiger partial charge in [0.05, 0.1) is 0 Å². The first-order valence-corrected chi connectivity index (χ1v) is 24.8. The van der Waals surface area contributed by atoms with Crippen LogP contribution in [0.2, 0.25) is 17.7 Å². The third kappa shape index (κ3) is 12.7. The molecule has 0 spiro atoms. The Hall–Kier alpha value is 1.48. The summed E-state index contributed by atoms with van der Waals surface area (Å²) < 4.78 is 25.8. The van der Waals surface area contributed by atoms with Crippen molar-refractivity contribution in [3.05, 3.63) is 0 Å². The van der Waals surface area contributed by atoms with Crippen molar-refractivity contribution >= 4 is 38.4 Å². The molecule has 0 saturated heterocycles. The van der Waals surface area contributed by atoms with Crippen molar-refractivity contribution in [2.24, 2.45) is 0 Å². The Bertz CT molecular complexity index is 253. The maximum absolute atomic E-state index is 7.41. The van der Waals surface area contributed by atoms with Crippen LogP contribution >= 0.6 is 0 Å². The molecule has 0 N–H and O–H groups in total. The van der Waals surface area contributed by atoms with Crippen molar-refractivity contribution < 1.29 is 7.56 Å². The van der Waals surface area contributed by atoms with E-state index in [1.165, 1.54) is 64.7 Å². The monoisotopic (exact) mass is 602 g/mol. The molecule has 0 aromatic carbocycles. The van der Waals surface area contributed by atoms with E-state index in [2.05, 4.69) is 41.5 Å². The fourth-order valence-corrected chi connectivity index (χ4v) is 46.6. The Balaban J connectivity index is 5.66. The molecule has 27 heavy (non-hydrogen) atoms. The van der Waals surface area contributed by atoms with Crippen LogP contribution in [0.3, 0.4) is 0 Å². The van der Waals surface area contributed by atoms with Gasteiger partial charge in [-0.2, -0.15) is 0 Å². The average molecular weight is 600 g/mol. The van der Waals surface area contributed by atoms with Crippen molar-refractivity contribution in [2.45, 2.75) is 123 Å². The summed E-state index contributed by atoms with van der Waals surface area (Å²) in [5.41, 5.74) is 0. The zero-order valence-electron chi connectivity index (χ0n) is 19.5. The van der Waals surface area contributed by atoms with Crippen LogP contribution in [0.25, 0.3) is 0 Å². The van der Waals surface area contributed by atoms with Gasteiger partial charge in [0.1, 0.15) is 0 Å². The molecule has 0 atom stereocenters. The number of hydrogen-bond acceptors (Lipinski definition) is 3. The molecule has 0 rings (SSSR count). The van der Waals surface area contributed by atoms with Gasteiger partial charge >= 0.3 is 183 Å². The number of unbranched alkanes of at least 4 members (excludes halogenated alkanes) is 4. The molecular formula is C22H50O3Sn2. The second-order valence-electron chi connectivity index (χ2n) is 8.08. The van der Waals surface area contributed by atoms with Gasteiger partial charge in [0.25, 0.3) is 0 Å². The van der Waals surface area contributed by atoms with Gasteiger partial charge in [0, 0.05) is 0 Å². The van der Waals surface area contributed by atoms with Gasteiger partial charge in [0.2, 0.25) is 0 Å². The van der Waals surface area contributed by atoms with Gasteiger partial charge in [-0.05, 0) is 0 Å². The van der Waals surface area contributed by atoms with Crippen molar-refractivity contribution in [3.63, 3.8) is 0 Å². The zero-order chi connectivity index (χ0) is 20.4. The van der Waals surface area contributed by atoms with E-state index in [1.54, 1.807) is 0 Å². The number of hydrogen-bond donors (Lipinski definition) is 0. The van der Waals surface area contributed by atoms with Crippen molar-refractivity contribution in [1.82, 2.24) is 0 Å². The first-order valence-electron chi connectivity index (χ1n) is 12.1. The molecule has 164 valence electrons. The summed E-state index contributed by atoms with van der Waals surface area (Å²) in [5.74, 6) is 0. The van der Waals surface area contributed by atoms with Crippen LogP contribution in [0, 0.1) is 0 Å². The summed E-state index contributed by atoms with van der Waals surface area (Å²) in [7, 11) is 0. The summed E-state index contributed by atoms with van der Waals surface area (Å²) in [5, 5.41) is 0. The van der Waals surface area contributed by atoms with Crippen LogP contribution in [0.1, 0.15) is 106 Å². The van der Waals surface area contributed by atoms with Crippen molar-refractivity contribution in [1.29, 1.82) is 0 Å². The van der Waals surface area contributed by atoms with E-state index >= 15 is 0 Å². The SMILES string of the molecule is CCC[CH2][Sn]([CH2]CCC)([CH2]CCC)[O][Sn]([CH2]CCC)([O]CCC)[O]CCC. The van der Waals surface area contributed by atoms with Gasteiger partial charge < -0.3 is 0 Å². The molecule has 0 aliphatic rings. The summed E-state index contributed by atoms with van der Waals surface area (Å²) in [6.07, 6.45) is 12.4. The minimum atomic E-state index is -3.46. The Labute approximate surface area is 181 Å². The Morgan fingerprint density at radius 1 is 0.481 bits per heavy atom. The van der Waals surface area contributed by atoms with E-state index in [4.69, 9.17) is 7.56 Å². The van der Waals surface area contributed by atoms with E-state index < -0.39 is 38.4 Å². The van der Waals surface area contributed by atoms with Gasteiger partial charge in [0.15, 0.2) is 0 Å². The predicted octanol–water partition coefficient (Wildman–Crippen LogP) is 7.94. The molecule has 0 aliphatic carbocycles. The minimum absolute atomic E-state index is 0.820. The molecule has 0 bridgehead atoms. The van der Waals surface area contributed by atoms with E-state index in [0.717, 1.165) is 30.5 Å². The molecule has 0 aliphatic heterocycles. The van der Waals surface area contributed by atoms with Gasteiger partial charge in [-0.15, -0.1) is 0 Å². The van der Waals surface area contributed by atoms with Crippen LogP contribution in [0.5, 0.6) is 0 Å². The molecule has 0 aromatic rings. The van der Waals surface area contributed by atoms with Crippen LogP contribution in [0.15, 0.2) is 0 Å². The second kappa shape index (κ2) is 18.3. The van der Waals surface area contributed by atoms with E-state index in [9.17, 15) is 0 Å². The van der Waals surface area contributed by atoms with Gasteiger partial charge in [-0.1, -0.05) is 0 Å². The van der Waals surface area contributed by atoms with Gasteiger partial charge in [-0.25, -0.2) is 0 Å². The van der Waals surface area contributed by atoms with Crippen molar-refractivity contribution in [2.75, 3.05) is 13.2 Å². The van der Waals surface area contributed by atoms with Crippen LogP contribution < -0.4 is 0 Å². The van der Waals surface area contributed by atoms with Crippen molar-refractivity contribution in [3.8, 4) is 0 Å². The number of rotatable bonds is 20. The fourth-order valence-electron chi connectivity index (χ4n) is 3.56. The molecule has 0 radical (unpaired) electrons. The van der Waals surface area contributed by atoms with Crippen LogP contribution in [-0.2, 0) is 7.56 Å². The third-order valence-electron chi connectivity index (χ3n) is 5.22. The van der Waals surface area contributed by atoms with Crippen LogP contribution in [0.4, 0.5) is 0 Å². The summed E-state index contributed by atoms with van der Waals surface area (Å²) in [6, 6.07) is 0. The standard InChI is InChI=1S/4C4H9.2C3H7O.O.2Sn/c4*1-3-4-2;2*1-2-3-4;;;/h4*1,3-4H2,2H3;2*2-3H2,1H3;;;/q;;;;2*-1;;;+2.